The molecule has 1 heterocycles. The fourth-order valence-electron chi connectivity index (χ4n) is 3.48. The van der Waals surface area contributed by atoms with Gasteiger partial charge in [-0.1, -0.05) is 35.5 Å². The van der Waals surface area contributed by atoms with Crippen molar-refractivity contribution in [2.45, 2.75) is 12.0 Å². The van der Waals surface area contributed by atoms with Gasteiger partial charge in [0.25, 0.3) is 0 Å². The average Bonchev–Trinajstić information content (AvgIpc) is 3.24. The molecule has 2 atom stereocenters. The SMILES string of the molecule is COc1ccc(C(=O)[C@H]2ON=C(c3ccc(OC)cc3)[C@@H]2c2ccccc2)cc1. The number of oxime groups is 1. The van der Waals surface area contributed by atoms with Crippen LogP contribution in [0.25, 0.3) is 0 Å². The number of benzene rings is 3. The van der Waals surface area contributed by atoms with E-state index < -0.39 is 6.10 Å². The van der Waals surface area contributed by atoms with E-state index in [1.165, 1.54) is 0 Å². The largest absolute Gasteiger partial charge is 0.497 e. The van der Waals surface area contributed by atoms with Gasteiger partial charge in [0.15, 0.2) is 0 Å². The zero-order chi connectivity index (χ0) is 20.2. The maximum absolute atomic E-state index is 13.2. The van der Waals surface area contributed by atoms with Gasteiger partial charge in [0.05, 0.1) is 25.8 Å². The smallest absolute Gasteiger partial charge is 0.207 e. The van der Waals surface area contributed by atoms with E-state index in [1.807, 2.05) is 54.6 Å². The molecular weight excluding hydrogens is 366 g/mol. The van der Waals surface area contributed by atoms with Crippen LogP contribution < -0.4 is 9.47 Å². The Kier molecular flexibility index (Phi) is 5.29. The predicted molar refractivity (Wildman–Crippen MR) is 111 cm³/mol. The van der Waals surface area contributed by atoms with Gasteiger partial charge in [-0.05, 0) is 54.1 Å². The third kappa shape index (κ3) is 3.72. The Morgan fingerprint density at radius 2 is 1.41 bits per heavy atom. The van der Waals surface area contributed by atoms with Crippen LogP contribution in [-0.2, 0) is 4.84 Å². The number of rotatable bonds is 6. The zero-order valence-corrected chi connectivity index (χ0v) is 16.2. The van der Waals surface area contributed by atoms with E-state index >= 15 is 0 Å². The summed E-state index contributed by atoms with van der Waals surface area (Å²) in [5, 5.41) is 4.31. The lowest BCUT2D eigenvalue weighted by molar-refractivity contribution is 0.0516. The molecular formula is C24H21NO4. The summed E-state index contributed by atoms with van der Waals surface area (Å²) in [6.07, 6.45) is -0.733. The molecule has 0 unspecified atom stereocenters. The molecule has 0 saturated carbocycles. The van der Waals surface area contributed by atoms with Gasteiger partial charge in [-0.25, -0.2) is 0 Å². The van der Waals surface area contributed by atoms with Crippen molar-refractivity contribution in [3.8, 4) is 11.5 Å². The Morgan fingerprint density at radius 1 is 0.828 bits per heavy atom. The number of ketones is 1. The van der Waals surface area contributed by atoms with Crippen molar-refractivity contribution in [1.29, 1.82) is 0 Å². The first-order valence-corrected chi connectivity index (χ1v) is 9.32. The summed E-state index contributed by atoms with van der Waals surface area (Å²) >= 11 is 0. The van der Waals surface area contributed by atoms with Crippen molar-refractivity contribution in [2.24, 2.45) is 5.16 Å². The van der Waals surface area contributed by atoms with Crippen LogP contribution in [0, 0.1) is 0 Å². The van der Waals surface area contributed by atoms with Crippen LogP contribution in [0.5, 0.6) is 11.5 Å². The summed E-state index contributed by atoms with van der Waals surface area (Å²) in [6, 6.07) is 24.5. The Morgan fingerprint density at radius 3 is 2.00 bits per heavy atom. The van der Waals surface area contributed by atoms with Gasteiger partial charge in [-0.3, -0.25) is 4.79 Å². The highest BCUT2D eigenvalue weighted by atomic mass is 16.6. The van der Waals surface area contributed by atoms with Gasteiger partial charge in [0, 0.05) is 11.1 Å². The van der Waals surface area contributed by atoms with Crippen molar-refractivity contribution in [1.82, 2.24) is 0 Å². The van der Waals surface area contributed by atoms with Crippen molar-refractivity contribution in [3.63, 3.8) is 0 Å². The Labute approximate surface area is 169 Å². The number of hydrogen-bond acceptors (Lipinski definition) is 5. The van der Waals surface area contributed by atoms with Gasteiger partial charge in [0.2, 0.25) is 11.9 Å². The van der Waals surface area contributed by atoms with E-state index in [-0.39, 0.29) is 11.7 Å². The third-order valence-electron chi connectivity index (χ3n) is 5.04. The number of hydrogen-bond donors (Lipinski definition) is 0. The molecule has 0 N–H and O–H groups in total. The lowest BCUT2D eigenvalue weighted by Crippen LogP contribution is -2.30. The summed E-state index contributed by atoms with van der Waals surface area (Å²) in [5.74, 6) is 1.03. The van der Waals surface area contributed by atoms with Crippen LogP contribution >= 0.6 is 0 Å². The first-order valence-electron chi connectivity index (χ1n) is 9.32. The van der Waals surface area contributed by atoms with Crippen LogP contribution in [0.3, 0.4) is 0 Å². The predicted octanol–water partition coefficient (Wildman–Crippen LogP) is 4.47. The number of carbonyl (C=O) groups is 1. The molecule has 0 aliphatic carbocycles. The lowest BCUT2D eigenvalue weighted by atomic mass is 9.83. The summed E-state index contributed by atoms with van der Waals surface area (Å²) in [5.41, 5.74) is 3.16. The van der Waals surface area contributed by atoms with Gasteiger partial charge in [-0.2, -0.15) is 0 Å². The van der Waals surface area contributed by atoms with Gasteiger partial charge in [-0.15, -0.1) is 0 Å². The van der Waals surface area contributed by atoms with Crippen molar-refractivity contribution >= 4 is 11.5 Å². The lowest BCUT2D eigenvalue weighted by Gasteiger charge is -2.19. The summed E-state index contributed by atoms with van der Waals surface area (Å²) in [4.78, 5) is 18.9. The molecule has 1 aliphatic heterocycles. The molecule has 0 bridgehead atoms. The van der Waals surface area contributed by atoms with Crippen molar-refractivity contribution < 1.29 is 19.1 Å². The molecule has 4 rings (SSSR count). The maximum atomic E-state index is 13.2. The monoisotopic (exact) mass is 387 g/mol. The second-order valence-corrected chi connectivity index (χ2v) is 6.71. The molecule has 1 aliphatic rings. The standard InChI is InChI=1S/C24H21NO4/c1-27-19-12-8-17(9-13-19)22-21(16-6-4-3-5-7-16)24(29-25-22)23(26)18-10-14-20(28-2)15-11-18/h3-15,21,24H,1-2H3/t21-,24-/m0/s1. The zero-order valence-electron chi connectivity index (χ0n) is 16.2. The maximum Gasteiger partial charge on any atom is 0.207 e. The Balaban J connectivity index is 1.69. The summed E-state index contributed by atoms with van der Waals surface area (Å²) in [6.45, 7) is 0. The molecule has 3 aromatic carbocycles. The minimum Gasteiger partial charge on any atom is -0.497 e. The second-order valence-electron chi connectivity index (χ2n) is 6.71. The fraction of sp³-hybridized carbons (Fsp3) is 0.167. The number of methoxy groups -OCH3 is 2. The van der Waals surface area contributed by atoms with E-state index in [0.717, 1.165) is 22.6 Å². The van der Waals surface area contributed by atoms with E-state index in [0.29, 0.717) is 11.3 Å². The minimum absolute atomic E-state index is 0.117. The van der Waals surface area contributed by atoms with Crippen LogP contribution in [0.4, 0.5) is 0 Å². The van der Waals surface area contributed by atoms with Crippen molar-refractivity contribution in [3.05, 3.63) is 95.6 Å². The number of carbonyl (C=O) groups excluding carboxylic acids is 1. The fourth-order valence-corrected chi connectivity index (χ4v) is 3.48. The van der Waals surface area contributed by atoms with E-state index in [9.17, 15) is 4.79 Å². The molecule has 5 nitrogen and oxygen atoms in total. The van der Waals surface area contributed by atoms with E-state index in [4.69, 9.17) is 14.3 Å². The quantitative estimate of drug-likeness (QED) is 0.586. The molecule has 0 fully saturated rings. The molecule has 5 heteroatoms. The van der Waals surface area contributed by atoms with Crippen molar-refractivity contribution in [2.75, 3.05) is 14.2 Å². The van der Waals surface area contributed by atoms with Crippen LogP contribution in [-0.4, -0.2) is 31.8 Å². The van der Waals surface area contributed by atoms with Gasteiger partial charge < -0.3 is 14.3 Å². The minimum atomic E-state index is -0.733. The first-order chi connectivity index (χ1) is 14.2. The Bertz CT molecular complexity index is 1010. The van der Waals surface area contributed by atoms with Crippen LogP contribution in [0.2, 0.25) is 0 Å². The average molecular weight is 387 g/mol. The number of ether oxygens (including phenoxy) is 2. The van der Waals surface area contributed by atoms with Crippen LogP contribution in [0.1, 0.15) is 27.4 Å². The second kappa shape index (κ2) is 8.19. The number of Topliss-reactive ketones (excluding diaryl/α,β-unsaturated/α-hetero) is 1. The van der Waals surface area contributed by atoms with Gasteiger partial charge >= 0.3 is 0 Å². The van der Waals surface area contributed by atoms with Gasteiger partial charge in [0.1, 0.15) is 11.5 Å². The third-order valence-corrected chi connectivity index (χ3v) is 5.04. The van der Waals surface area contributed by atoms with E-state index in [1.54, 1.807) is 38.5 Å². The molecule has 0 saturated heterocycles. The first kappa shape index (κ1) is 18.7. The molecule has 29 heavy (non-hydrogen) atoms. The summed E-state index contributed by atoms with van der Waals surface area (Å²) in [7, 11) is 3.22. The molecule has 146 valence electrons. The normalized spacial score (nSPS) is 17.9. The molecule has 0 radical (unpaired) electrons. The molecule has 0 aromatic heterocycles. The highest BCUT2D eigenvalue weighted by Crippen LogP contribution is 2.34. The molecule has 0 spiro atoms. The molecule has 3 aromatic rings. The number of nitrogens with zero attached hydrogens (tertiary/aromatic N) is 1. The van der Waals surface area contributed by atoms with Crippen LogP contribution in [0.15, 0.2) is 84.0 Å². The highest BCUT2D eigenvalue weighted by molar-refractivity contribution is 6.12. The topological polar surface area (TPSA) is 57.1 Å². The molecule has 0 amide bonds. The summed E-state index contributed by atoms with van der Waals surface area (Å²) < 4.78 is 10.4. The Hall–Kier alpha value is -3.60. The van der Waals surface area contributed by atoms with E-state index in [2.05, 4.69) is 5.16 Å². The highest BCUT2D eigenvalue weighted by Gasteiger charge is 2.41.